The second-order valence-corrected chi connectivity index (χ2v) is 8.84. The number of para-hydroxylation sites is 1. The van der Waals surface area contributed by atoms with Crippen LogP contribution in [0.15, 0.2) is 48.5 Å². The van der Waals surface area contributed by atoms with Gasteiger partial charge in [-0.1, -0.05) is 37.6 Å². The molecule has 2 fully saturated rings. The first-order valence-corrected chi connectivity index (χ1v) is 11.9. The summed E-state index contributed by atoms with van der Waals surface area (Å²) in [6.45, 7) is 3.28. The van der Waals surface area contributed by atoms with Gasteiger partial charge in [-0.15, -0.1) is 0 Å². The van der Waals surface area contributed by atoms with E-state index >= 15 is 0 Å². The van der Waals surface area contributed by atoms with Gasteiger partial charge in [-0.3, -0.25) is 4.79 Å². The number of hydrogen-bond donors (Lipinski definition) is 1. The summed E-state index contributed by atoms with van der Waals surface area (Å²) in [6, 6.07) is 12.4. The van der Waals surface area contributed by atoms with E-state index in [9.17, 15) is 13.6 Å². The lowest BCUT2D eigenvalue weighted by atomic mass is 9.72. The molecule has 1 amide bonds. The highest BCUT2D eigenvalue weighted by Crippen LogP contribution is 2.52. The topological polar surface area (TPSA) is 60.0 Å². The third kappa shape index (κ3) is 4.42. The highest BCUT2D eigenvalue weighted by molar-refractivity contribution is 5.79. The van der Waals surface area contributed by atoms with Crippen LogP contribution in [0.1, 0.15) is 38.2 Å². The van der Waals surface area contributed by atoms with Gasteiger partial charge < -0.3 is 24.4 Å². The van der Waals surface area contributed by atoms with Gasteiger partial charge in [0.2, 0.25) is 11.7 Å². The van der Waals surface area contributed by atoms with Gasteiger partial charge >= 0.3 is 0 Å². The SMILES string of the molecule is CCCC1(C2(c3ccc(F)cc3)OCCO2)CC(Oc2ccccc2F)CCN1C(=O)CNC. The van der Waals surface area contributed by atoms with Crippen molar-refractivity contribution in [2.45, 2.75) is 50.0 Å². The number of likely N-dealkylation sites (tertiary alicyclic amines) is 1. The van der Waals surface area contributed by atoms with Crippen molar-refractivity contribution < 1.29 is 27.8 Å². The number of rotatable bonds is 8. The van der Waals surface area contributed by atoms with Crippen molar-refractivity contribution in [3.05, 3.63) is 65.7 Å². The van der Waals surface area contributed by atoms with Gasteiger partial charge in [0.15, 0.2) is 11.6 Å². The molecule has 0 spiro atoms. The minimum atomic E-state index is -1.29. The number of hydrogen-bond acceptors (Lipinski definition) is 5. The summed E-state index contributed by atoms with van der Waals surface area (Å²) in [5.41, 5.74) is -0.285. The average molecular weight is 475 g/mol. The molecule has 2 atom stereocenters. The number of likely N-dealkylation sites (N-methyl/N-ethyl adjacent to an activating group) is 1. The van der Waals surface area contributed by atoms with E-state index in [0.29, 0.717) is 44.6 Å². The predicted molar refractivity (Wildman–Crippen MR) is 123 cm³/mol. The molecule has 8 heteroatoms. The first-order chi connectivity index (χ1) is 16.5. The van der Waals surface area contributed by atoms with E-state index in [-0.39, 0.29) is 30.1 Å². The van der Waals surface area contributed by atoms with Crippen LogP contribution >= 0.6 is 0 Å². The number of benzene rings is 2. The van der Waals surface area contributed by atoms with Gasteiger partial charge in [0.05, 0.1) is 19.8 Å². The zero-order valence-electron chi connectivity index (χ0n) is 19.7. The molecule has 0 radical (unpaired) electrons. The van der Waals surface area contributed by atoms with Crippen molar-refractivity contribution in [1.29, 1.82) is 0 Å². The molecule has 0 aromatic heterocycles. The number of nitrogens with zero attached hydrogens (tertiary/aromatic N) is 1. The molecular formula is C26H32F2N2O4. The number of halogens is 2. The number of carbonyl (C=O) groups excluding carboxylic acids is 1. The second kappa shape index (κ2) is 10.4. The fourth-order valence-electron chi connectivity index (χ4n) is 5.42. The van der Waals surface area contributed by atoms with Crippen LogP contribution in [0.3, 0.4) is 0 Å². The molecule has 2 aliphatic rings. The molecule has 2 unspecified atom stereocenters. The normalized spacial score (nSPS) is 24.2. The Morgan fingerprint density at radius 1 is 1.15 bits per heavy atom. The van der Waals surface area contributed by atoms with Gasteiger partial charge in [0, 0.05) is 24.9 Å². The molecule has 0 saturated carbocycles. The van der Waals surface area contributed by atoms with Crippen molar-refractivity contribution in [3.63, 3.8) is 0 Å². The number of ether oxygens (including phenoxy) is 3. The highest BCUT2D eigenvalue weighted by Gasteiger charge is 2.63. The van der Waals surface area contributed by atoms with Crippen LogP contribution in [0.5, 0.6) is 5.75 Å². The van der Waals surface area contributed by atoms with Crippen molar-refractivity contribution in [2.24, 2.45) is 0 Å². The van der Waals surface area contributed by atoms with Gasteiger partial charge in [0.1, 0.15) is 17.5 Å². The molecule has 2 heterocycles. The first kappa shape index (κ1) is 24.6. The van der Waals surface area contributed by atoms with Gasteiger partial charge in [-0.25, -0.2) is 8.78 Å². The molecule has 34 heavy (non-hydrogen) atoms. The Hall–Kier alpha value is -2.55. The van der Waals surface area contributed by atoms with Crippen LogP contribution in [0.4, 0.5) is 8.78 Å². The van der Waals surface area contributed by atoms with Crippen LogP contribution in [-0.4, -0.2) is 55.8 Å². The number of carbonyl (C=O) groups is 1. The van der Waals surface area contributed by atoms with Crippen LogP contribution in [0.2, 0.25) is 0 Å². The zero-order valence-corrected chi connectivity index (χ0v) is 19.7. The molecule has 0 bridgehead atoms. The van der Waals surface area contributed by atoms with E-state index in [4.69, 9.17) is 14.2 Å². The minimum absolute atomic E-state index is 0.0825. The summed E-state index contributed by atoms with van der Waals surface area (Å²) in [6.07, 6.45) is 1.85. The summed E-state index contributed by atoms with van der Waals surface area (Å²) in [5, 5.41) is 2.95. The monoisotopic (exact) mass is 474 g/mol. The number of amides is 1. The third-order valence-corrected chi connectivity index (χ3v) is 6.71. The Labute approximate surface area is 199 Å². The Kier molecular flexibility index (Phi) is 7.50. The van der Waals surface area contributed by atoms with Gasteiger partial charge in [0.25, 0.3) is 0 Å². The standard InChI is InChI=1S/C26H32F2N2O4/c1-3-13-25(26(32-15-16-33-26)19-8-10-20(27)11-9-19)17-21(12-14-30(25)24(31)18-29-2)34-23-7-5-4-6-22(23)28/h4-11,21,29H,3,12-18H2,1-2H3. The van der Waals surface area contributed by atoms with Crippen LogP contribution in [-0.2, 0) is 20.1 Å². The largest absolute Gasteiger partial charge is 0.487 e. The van der Waals surface area contributed by atoms with E-state index in [1.807, 2.05) is 11.8 Å². The molecule has 4 rings (SSSR count). The molecule has 2 aromatic carbocycles. The molecule has 0 aliphatic carbocycles. The molecule has 2 aromatic rings. The summed E-state index contributed by atoms with van der Waals surface area (Å²) >= 11 is 0. The summed E-state index contributed by atoms with van der Waals surface area (Å²) in [7, 11) is 1.73. The minimum Gasteiger partial charge on any atom is -0.487 e. The molecule has 1 N–H and O–H groups in total. The number of piperidine rings is 1. The predicted octanol–water partition coefficient (Wildman–Crippen LogP) is 3.99. The van der Waals surface area contributed by atoms with Crippen LogP contribution in [0.25, 0.3) is 0 Å². The van der Waals surface area contributed by atoms with Crippen LogP contribution < -0.4 is 10.1 Å². The lowest BCUT2D eigenvalue weighted by molar-refractivity contribution is -0.268. The average Bonchev–Trinajstić information content (AvgIpc) is 3.33. The second-order valence-electron chi connectivity index (χ2n) is 8.84. The molecule has 2 saturated heterocycles. The highest BCUT2D eigenvalue weighted by atomic mass is 19.1. The summed E-state index contributed by atoms with van der Waals surface area (Å²) in [5.74, 6) is -2.00. The summed E-state index contributed by atoms with van der Waals surface area (Å²) in [4.78, 5) is 15.2. The summed E-state index contributed by atoms with van der Waals surface area (Å²) < 4.78 is 47.1. The quantitative estimate of drug-likeness (QED) is 0.627. The van der Waals surface area contributed by atoms with Crippen molar-refractivity contribution in [1.82, 2.24) is 10.2 Å². The van der Waals surface area contributed by atoms with Crippen molar-refractivity contribution >= 4 is 5.91 Å². The third-order valence-electron chi connectivity index (χ3n) is 6.71. The maximum absolute atomic E-state index is 14.4. The molecule has 6 nitrogen and oxygen atoms in total. The van der Waals surface area contributed by atoms with Crippen molar-refractivity contribution in [2.75, 3.05) is 33.4 Å². The van der Waals surface area contributed by atoms with E-state index in [2.05, 4.69) is 5.32 Å². The molecule has 184 valence electrons. The Morgan fingerprint density at radius 2 is 1.85 bits per heavy atom. The Balaban J connectivity index is 1.80. The van der Waals surface area contributed by atoms with Crippen molar-refractivity contribution in [3.8, 4) is 5.75 Å². The lowest BCUT2D eigenvalue weighted by Crippen LogP contribution is -2.69. The number of nitrogens with one attached hydrogen (secondary N) is 1. The van der Waals surface area contributed by atoms with E-state index < -0.39 is 17.1 Å². The van der Waals surface area contributed by atoms with E-state index in [1.54, 1.807) is 37.4 Å². The van der Waals surface area contributed by atoms with E-state index in [0.717, 1.165) is 6.42 Å². The first-order valence-electron chi connectivity index (χ1n) is 11.9. The van der Waals surface area contributed by atoms with Crippen LogP contribution in [0, 0.1) is 11.6 Å². The molecule has 2 aliphatic heterocycles. The maximum Gasteiger partial charge on any atom is 0.237 e. The lowest BCUT2D eigenvalue weighted by Gasteiger charge is -2.56. The van der Waals surface area contributed by atoms with Gasteiger partial charge in [-0.05, 0) is 37.7 Å². The Morgan fingerprint density at radius 3 is 2.50 bits per heavy atom. The smallest absolute Gasteiger partial charge is 0.237 e. The fourth-order valence-corrected chi connectivity index (χ4v) is 5.42. The molecular weight excluding hydrogens is 442 g/mol. The van der Waals surface area contributed by atoms with E-state index in [1.165, 1.54) is 18.2 Å². The van der Waals surface area contributed by atoms with Gasteiger partial charge in [-0.2, -0.15) is 0 Å². The zero-order chi connectivity index (χ0) is 24.2. The fraction of sp³-hybridized carbons (Fsp3) is 0.500. The Bertz CT molecular complexity index is 981. The maximum atomic E-state index is 14.4.